The lowest BCUT2D eigenvalue weighted by Gasteiger charge is -2.15. The van der Waals surface area contributed by atoms with Crippen LogP contribution in [0.1, 0.15) is 18.9 Å². The Morgan fingerprint density at radius 2 is 1.40 bits per heavy atom. The second-order valence-electron chi connectivity index (χ2n) is 4.77. The molecule has 2 aromatic carbocycles. The molecule has 1 atom stereocenters. The van der Waals surface area contributed by atoms with E-state index in [0.717, 1.165) is 23.7 Å². The summed E-state index contributed by atoms with van der Waals surface area (Å²) in [4.78, 5) is 0. The Bertz CT molecular complexity index is 516. The lowest BCUT2D eigenvalue weighted by molar-refractivity contribution is 0.205. The quantitative estimate of drug-likeness (QED) is 0.866. The normalized spacial score (nSPS) is 11.9. The number of aryl methyl sites for hydroxylation is 1. The molecule has 106 valence electrons. The number of ether oxygens (including phenoxy) is 2. The van der Waals surface area contributed by atoms with Crippen LogP contribution < -0.4 is 15.2 Å². The van der Waals surface area contributed by atoms with Crippen LogP contribution in [0.2, 0.25) is 0 Å². The van der Waals surface area contributed by atoms with E-state index >= 15 is 0 Å². The van der Waals surface area contributed by atoms with Gasteiger partial charge in [0, 0.05) is 6.54 Å². The minimum atomic E-state index is 0.0684. The molecule has 0 aliphatic rings. The van der Waals surface area contributed by atoms with Crippen molar-refractivity contribution in [3.05, 3.63) is 54.1 Å². The summed E-state index contributed by atoms with van der Waals surface area (Å²) in [7, 11) is 0. The number of hydrogen-bond donors (Lipinski definition) is 1. The first kappa shape index (κ1) is 14.4. The van der Waals surface area contributed by atoms with Crippen molar-refractivity contribution in [2.45, 2.75) is 26.4 Å². The van der Waals surface area contributed by atoms with Crippen molar-refractivity contribution in [2.24, 2.45) is 5.73 Å². The molecule has 2 rings (SSSR count). The number of rotatable bonds is 6. The van der Waals surface area contributed by atoms with Gasteiger partial charge in [0.1, 0.15) is 23.4 Å². The van der Waals surface area contributed by atoms with Crippen LogP contribution in [0, 0.1) is 6.92 Å². The highest BCUT2D eigenvalue weighted by molar-refractivity contribution is 5.36. The van der Waals surface area contributed by atoms with Crippen LogP contribution in [-0.2, 0) is 0 Å². The summed E-state index contributed by atoms with van der Waals surface area (Å²) in [5.74, 6) is 2.44. The Balaban J connectivity index is 1.99. The average molecular weight is 271 g/mol. The number of hydrogen-bond acceptors (Lipinski definition) is 3. The number of nitrogens with two attached hydrogens (primary N) is 1. The third-order valence-corrected chi connectivity index (χ3v) is 3.10. The zero-order chi connectivity index (χ0) is 14.4. The zero-order valence-corrected chi connectivity index (χ0v) is 12.0. The van der Waals surface area contributed by atoms with Gasteiger partial charge in [0.15, 0.2) is 0 Å². The van der Waals surface area contributed by atoms with Gasteiger partial charge < -0.3 is 15.2 Å². The first-order valence-electron chi connectivity index (χ1n) is 6.92. The molecule has 0 heterocycles. The Morgan fingerprint density at radius 1 is 0.900 bits per heavy atom. The average Bonchev–Trinajstić information content (AvgIpc) is 2.49. The van der Waals surface area contributed by atoms with E-state index in [1.54, 1.807) is 0 Å². The second kappa shape index (κ2) is 6.96. The van der Waals surface area contributed by atoms with Crippen molar-refractivity contribution in [3.63, 3.8) is 0 Å². The van der Waals surface area contributed by atoms with E-state index in [9.17, 15) is 0 Å². The molecule has 2 N–H and O–H groups in total. The van der Waals surface area contributed by atoms with E-state index in [2.05, 4.69) is 13.8 Å². The Morgan fingerprint density at radius 3 is 1.90 bits per heavy atom. The molecule has 0 bridgehead atoms. The van der Waals surface area contributed by atoms with Gasteiger partial charge in [-0.3, -0.25) is 0 Å². The maximum Gasteiger partial charge on any atom is 0.127 e. The van der Waals surface area contributed by atoms with Gasteiger partial charge in [-0.1, -0.05) is 24.6 Å². The van der Waals surface area contributed by atoms with Crippen molar-refractivity contribution in [1.29, 1.82) is 0 Å². The summed E-state index contributed by atoms with van der Waals surface area (Å²) in [6.07, 6.45) is 0.969. The van der Waals surface area contributed by atoms with E-state index in [1.807, 2.05) is 48.5 Å². The van der Waals surface area contributed by atoms with Crippen LogP contribution in [0.3, 0.4) is 0 Å². The van der Waals surface area contributed by atoms with Gasteiger partial charge in [-0.25, -0.2) is 0 Å². The molecule has 0 amide bonds. The fourth-order valence-corrected chi connectivity index (χ4v) is 1.82. The molecule has 0 aliphatic carbocycles. The predicted octanol–water partition coefficient (Wildman–Crippen LogP) is 3.90. The Kier molecular flexibility index (Phi) is 5.02. The van der Waals surface area contributed by atoms with Crippen molar-refractivity contribution < 1.29 is 9.47 Å². The Labute approximate surface area is 120 Å². The smallest absolute Gasteiger partial charge is 0.127 e. The van der Waals surface area contributed by atoms with Crippen molar-refractivity contribution in [3.8, 4) is 17.2 Å². The molecule has 0 saturated heterocycles. The van der Waals surface area contributed by atoms with Gasteiger partial charge in [0.25, 0.3) is 0 Å². The van der Waals surface area contributed by atoms with Crippen molar-refractivity contribution in [2.75, 3.05) is 6.54 Å². The van der Waals surface area contributed by atoms with Crippen molar-refractivity contribution >= 4 is 0 Å². The van der Waals surface area contributed by atoms with Gasteiger partial charge >= 0.3 is 0 Å². The third kappa shape index (κ3) is 4.00. The van der Waals surface area contributed by atoms with Gasteiger partial charge in [-0.2, -0.15) is 0 Å². The minimum Gasteiger partial charge on any atom is -0.489 e. The van der Waals surface area contributed by atoms with E-state index in [0.29, 0.717) is 6.54 Å². The van der Waals surface area contributed by atoms with Gasteiger partial charge in [-0.15, -0.1) is 0 Å². The van der Waals surface area contributed by atoms with Crippen LogP contribution in [0.15, 0.2) is 48.5 Å². The molecule has 1 unspecified atom stereocenters. The molecule has 20 heavy (non-hydrogen) atoms. The highest BCUT2D eigenvalue weighted by atomic mass is 16.5. The molecular formula is C17H21NO2. The number of benzene rings is 2. The van der Waals surface area contributed by atoms with Crippen LogP contribution in [0.5, 0.6) is 17.2 Å². The van der Waals surface area contributed by atoms with Crippen LogP contribution in [0.4, 0.5) is 0 Å². The molecular weight excluding hydrogens is 250 g/mol. The fourth-order valence-electron chi connectivity index (χ4n) is 1.82. The highest BCUT2D eigenvalue weighted by Crippen LogP contribution is 2.24. The topological polar surface area (TPSA) is 44.5 Å². The summed E-state index contributed by atoms with van der Waals surface area (Å²) >= 11 is 0. The summed E-state index contributed by atoms with van der Waals surface area (Å²) in [6, 6.07) is 15.6. The van der Waals surface area contributed by atoms with E-state index < -0.39 is 0 Å². The monoisotopic (exact) mass is 271 g/mol. The summed E-state index contributed by atoms with van der Waals surface area (Å²) in [5.41, 5.74) is 6.84. The summed E-state index contributed by atoms with van der Waals surface area (Å²) in [5, 5.41) is 0. The van der Waals surface area contributed by atoms with Crippen LogP contribution in [0.25, 0.3) is 0 Å². The lowest BCUT2D eigenvalue weighted by Crippen LogP contribution is -2.25. The second-order valence-corrected chi connectivity index (χ2v) is 4.77. The van der Waals surface area contributed by atoms with Gasteiger partial charge in [-0.05, 0) is 49.7 Å². The first-order valence-corrected chi connectivity index (χ1v) is 6.92. The predicted molar refractivity (Wildman–Crippen MR) is 81.5 cm³/mol. The molecule has 0 aliphatic heterocycles. The summed E-state index contributed by atoms with van der Waals surface area (Å²) in [6.45, 7) is 4.64. The van der Waals surface area contributed by atoms with E-state index in [4.69, 9.17) is 15.2 Å². The highest BCUT2D eigenvalue weighted by Gasteiger charge is 2.05. The maximum atomic E-state index is 5.77. The third-order valence-electron chi connectivity index (χ3n) is 3.10. The molecule has 0 radical (unpaired) electrons. The molecule has 3 nitrogen and oxygen atoms in total. The summed E-state index contributed by atoms with van der Waals surface area (Å²) < 4.78 is 11.5. The molecule has 0 spiro atoms. The fraction of sp³-hybridized carbons (Fsp3) is 0.294. The van der Waals surface area contributed by atoms with Crippen molar-refractivity contribution in [1.82, 2.24) is 0 Å². The van der Waals surface area contributed by atoms with E-state index in [1.165, 1.54) is 5.56 Å². The molecule has 2 aromatic rings. The maximum absolute atomic E-state index is 5.77. The van der Waals surface area contributed by atoms with Crippen LogP contribution >= 0.6 is 0 Å². The SMILES string of the molecule is CCC(CN)Oc1ccc(Oc2ccc(C)cc2)cc1. The first-order chi connectivity index (χ1) is 9.71. The largest absolute Gasteiger partial charge is 0.489 e. The molecule has 0 saturated carbocycles. The zero-order valence-electron chi connectivity index (χ0n) is 12.0. The molecule has 0 fully saturated rings. The lowest BCUT2D eigenvalue weighted by atomic mass is 10.2. The van der Waals surface area contributed by atoms with E-state index in [-0.39, 0.29) is 6.10 Å². The Hall–Kier alpha value is -2.00. The standard InChI is InChI=1S/C17H21NO2/c1-3-14(12-18)19-16-8-10-17(11-9-16)20-15-6-4-13(2)5-7-15/h4-11,14H,3,12,18H2,1-2H3. The molecule has 3 heteroatoms. The van der Waals surface area contributed by atoms with Gasteiger partial charge in [0.05, 0.1) is 0 Å². The van der Waals surface area contributed by atoms with Gasteiger partial charge in [0.2, 0.25) is 0 Å². The minimum absolute atomic E-state index is 0.0684. The molecule has 0 aromatic heterocycles. The van der Waals surface area contributed by atoms with Crippen LogP contribution in [-0.4, -0.2) is 12.6 Å².